The molecule has 5 rings (SSSR count). The molecule has 7 N–H and O–H groups in total. The summed E-state index contributed by atoms with van der Waals surface area (Å²) in [7, 11) is 2.99. The summed E-state index contributed by atoms with van der Waals surface area (Å²) in [5.74, 6) is -8.59. The quantitative estimate of drug-likeness (QED) is 0.242. The largest absolute Gasteiger partial charge is 0.508 e. The van der Waals surface area contributed by atoms with E-state index in [9.17, 15) is 34.8 Å². The number of hydrogen-bond acceptors (Lipinski definition) is 11. The molecule has 1 aromatic heterocycles. The molecule has 1 fully saturated rings. The minimum atomic E-state index is -2.77. The van der Waals surface area contributed by atoms with Crippen LogP contribution in [0.3, 0.4) is 0 Å². The van der Waals surface area contributed by atoms with Gasteiger partial charge in [0.1, 0.15) is 35.1 Å². The molecule has 0 bridgehead atoms. The van der Waals surface area contributed by atoms with E-state index in [0.29, 0.717) is 0 Å². The summed E-state index contributed by atoms with van der Waals surface area (Å²) in [6.07, 6.45) is 2.36. The lowest BCUT2D eigenvalue weighted by Crippen LogP contribution is -2.65. The third-order valence-electron chi connectivity index (χ3n) is 7.51. The summed E-state index contributed by atoms with van der Waals surface area (Å²) in [5.41, 5.74) is 0.677. The highest BCUT2D eigenvalue weighted by Crippen LogP contribution is 2.53. The minimum Gasteiger partial charge on any atom is -0.508 e. The minimum absolute atomic E-state index is 0.0682. The summed E-state index contributed by atoms with van der Waals surface area (Å²) >= 11 is 0. The van der Waals surface area contributed by atoms with Crippen LogP contribution in [-0.4, -0.2) is 78.5 Å². The van der Waals surface area contributed by atoms with E-state index in [2.05, 4.69) is 15.3 Å². The summed E-state index contributed by atoms with van der Waals surface area (Å²) < 4.78 is 15.3. The lowest BCUT2D eigenvalue weighted by atomic mass is 9.57. The van der Waals surface area contributed by atoms with Crippen molar-refractivity contribution < 1.29 is 39.2 Å². The molecule has 4 atom stereocenters. The monoisotopic (exact) mass is 525 g/mol. The number of phenolic OH excluding ortho intramolecular Hbond substituents is 1. The molecule has 0 radical (unpaired) electrons. The van der Waals surface area contributed by atoms with Crippen molar-refractivity contribution in [2.45, 2.75) is 24.5 Å². The summed E-state index contributed by atoms with van der Waals surface area (Å²) in [5, 5.41) is 47.4. The number of Topliss-reactive ketones (excluding diaryl/α,β-unsaturated/α-hetero) is 2. The van der Waals surface area contributed by atoms with Gasteiger partial charge in [0, 0.05) is 29.3 Å². The Morgan fingerprint density at radius 2 is 1.97 bits per heavy atom. The van der Waals surface area contributed by atoms with Crippen molar-refractivity contribution in [3.05, 3.63) is 58.5 Å². The van der Waals surface area contributed by atoms with Crippen LogP contribution in [0, 0.1) is 17.7 Å². The number of anilines is 2. The number of rotatable bonds is 4. The van der Waals surface area contributed by atoms with Crippen molar-refractivity contribution in [1.82, 2.24) is 14.9 Å². The van der Waals surface area contributed by atoms with Gasteiger partial charge in [-0.2, -0.15) is 0 Å². The van der Waals surface area contributed by atoms with Gasteiger partial charge in [-0.15, -0.1) is 0 Å². The Hall–Kier alpha value is -4.36. The highest BCUT2D eigenvalue weighted by atomic mass is 19.1. The number of likely N-dealkylation sites (N-methyl/N-ethyl adjacent to an activating group) is 1. The number of nitrogens with zero attached hydrogens (tertiary/aromatic N) is 3. The Morgan fingerprint density at radius 3 is 2.58 bits per heavy atom. The van der Waals surface area contributed by atoms with Gasteiger partial charge in [-0.3, -0.25) is 19.3 Å². The van der Waals surface area contributed by atoms with Gasteiger partial charge >= 0.3 is 0 Å². The normalized spacial score (nSPS) is 26.7. The Labute approximate surface area is 214 Å². The number of amides is 1. The fourth-order valence-corrected chi connectivity index (χ4v) is 5.86. The second-order valence-corrected chi connectivity index (χ2v) is 9.79. The van der Waals surface area contributed by atoms with Gasteiger partial charge in [-0.25, -0.2) is 14.4 Å². The number of carbonyl (C=O) groups excluding carboxylic acids is 3. The van der Waals surface area contributed by atoms with Crippen molar-refractivity contribution in [3.63, 3.8) is 0 Å². The Kier molecular flexibility index (Phi) is 5.72. The number of aromatic hydroxyl groups is 1. The molecule has 3 aliphatic carbocycles. The zero-order valence-electron chi connectivity index (χ0n) is 20.3. The number of aliphatic hydroxyl groups is 3. The predicted molar refractivity (Wildman–Crippen MR) is 130 cm³/mol. The van der Waals surface area contributed by atoms with E-state index in [1.54, 1.807) is 0 Å². The predicted octanol–water partition coefficient (Wildman–Crippen LogP) is 0.637. The van der Waals surface area contributed by atoms with Gasteiger partial charge in [0.25, 0.3) is 5.91 Å². The van der Waals surface area contributed by atoms with E-state index in [-0.39, 0.29) is 41.0 Å². The Morgan fingerprint density at radius 1 is 1.26 bits per heavy atom. The number of fused-ring (bicyclic) bond motifs is 3. The van der Waals surface area contributed by atoms with Gasteiger partial charge in [0.05, 0.1) is 17.3 Å². The molecule has 0 saturated heterocycles. The first-order chi connectivity index (χ1) is 17.9. The van der Waals surface area contributed by atoms with Crippen LogP contribution in [0.15, 0.2) is 41.6 Å². The van der Waals surface area contributed by atoms with E-state index in [1.807, 2.05) is 0 Å². The first kappa shape index (κ1) is 25.3. The summed E-state index contributed by atoms with van der Waals surface area (Å²) in [6.45, 7) is 0. The van der Waals surface area contributed by atoms with Gasteiger partial charge in [0.15, 0.2) is 17.1 Å². The number of nitrogens with one attached hydrogen (secondary N) is 1. The smallest absolute Gasteiger partial charge is 0.255 e. The highest BCUT2D eigenvalue weighted by molar-refractivity contribution is 6.24. The van der Waals surface area contributed by atoms with E-state index < -0.39 is 69.6 Å². The maximum atomic E-state index is 15.3. The lowest BCUT2D eigenvalue weighted by molar-refractivity contribution is -0.153. The van der Waals surface area contributed by atoms with Crippen molar-refractivity contribution in [3.8, 4) is 5.75 Å². The molecule has 0 aliphatic heterocycles. The lowest BCUT2D eigenvalue weighted by Gasteiger charge is -2.50. The van der Waals surface area contributed by atoms with Crippen LogP contribution in [0.5, 0.6) is 5.75 Å². The van der Waals surface area contributed by atoms with Gasteiger partial charge in [-0.05, 0) is 38.9 Å². The molecule has 2 aromatic rings. The molecular weight excluding hydrogens is 501 g/mol. The zero-order chi connectivity index (χ0) is 27.7. The molecule has 12 nitrogen and oxygen atoms in total. The van der Waals surface area contributed by atoms with Crippen molar-refractivity contribution in [2.75, 3.05) is 19.4 Å². The highest BCUT2D eigenvalue weighted by Gasteiger charge is 2.64. The number of primary amides is 1. The molecular formula is C25H24FN5O7. The van der Waals surface area contributed by atoms with Crippen molar-refractivity contribution in [2.24, 2.45) is 17.6 Å². The molecule has 13 heteroatoms. The molecule has 0 unspecified atom stereocenters. The number of nitrogens with two attached hydrogens (primary N) is 1. The van der Waals surface area contributed by atoms with E-state index in [4.69, 9.17) is 5.73 Å². The fourth-order valence-electron chi connectivity index (χ4n) is 5.86. The Balaban J connectivity index is 1.69. The topological polar surface area (TPSA) is 199 Å². The second kappa shape index (κ2) is 8.60. The summed E-state index contributed by atoms with van der Waals surface area (Å²) in [6, 6.07) is 1.27. The third-order valence-corrected chi connectivity index (χ3v) is 7.51. The van der Waals surface area contributed by atoms with Crippen LogP contribution in [0.25, 0.3) is 5.76 Å². The van der Waals surface area contributed by atoms with Crippen molar-refractivity contribution >= 4 is 34.7 Å². The molecule has 1 heterocycles. The number of aromatic nitrogens is 2. The first-order valence-electron chi connectivity index (χ1n) is 11.6. The van der Waals surface area contributed by atoms with E-state index in [0.717, 1.165) is 6.07 Å². The molecule has 198 valence electrons. The van der Waals surface area contributed by atoms with Crippen LogP contribution in [0.4, 0.5) is 15.9 Å². The number of hydrogen-bond donors (Lipinski definition) is 6. The molecule has 3 aliphatic rings. The number of phenols is 1. The van der Waals surface area contributed by atoms with Crippen molar-refractivity contribution in [1.29, 1.82) is 0 Å². The average Bonchev–Trinajstić information content (AvgIpc) is 2.84. The zero-order valence-corrected chi connectivity index (χ0v) is 20.3. The molecule has 38 heavy (non-hydrogen) atoms. The SMILES string of the molecule is CN(C)[C@@H]1C(=O)C(C(N)=O)=C(O)[C@@]2(O)C(=O)C3=C(O)c4c(O)c(Nc5ccncn5)cc(F)c4C[C@H]3C[C@@H]12. The molecule has 1 aromatic carbocycles. The average molecular weight is 525 g/mol. The first-order valence-corrected chi connectivity index (χ1v) is 11.6. The number of halogens is 1. The molecule has 0 spiro atoms. The number of benzene rings is 1. The number of carbonyl (C=O) groups is 3. The second-order valence-electron chi connectivity index (χ2n) is 9.79. The fraction of sp³-hybridized carbons (Fsp3) is 0.320. The maximum Gasteiger partial charge on any atom is 0.255 e. The Bertz CT molecular complexity index is 1470. The van der Waals surface area contributed by atoms with Crippen LogP contribution in [0.1, 0.15) is 17.5 Å². The number of aliphatic hydroxyl groups excluding tert-OH is 2. The summed E-state index contributed by atoms with van der Waals surface area (Å²) in [4.78, 5) is 48.0. The third kappa shape index (κ3) is 3.39. The van der Waals surface area contributed by atoms with Crippen LogP contribution < -0.4 is 11.1 Å². The standard InChI is InChI=1S/C25H24FN5O7/c1-31(2)18-11-6-9-5-10-12(26)7-13(30-14-3-4-28-8-29-14)19(32)16(10)20(33)15(9)22(35)25(11,38)23(36)17(21(18)34)24(27)37/h3-4,7-9,11,18,32-33,36,38H,5-6H2,1-2H3,(H2,27,37)(H,28,29,30)/t9-,11-,18-,25-/m0/s1. The van der Waals surface area contributed by atoms with Gasteiger partial charge in [-0.1, -0.05) is 0 Å². The van der Waals surface area contributed by atoms with Crippen LogP contribution in [0.2, 0.25) is 0 Å². The van der Waals surface area contributed by atoms with E-state index in [1.165, 1.54) is 37.6 Å². The molecule has 1 saturated carbocycles. The molecule has 1 amide bonds. The van der Waals surface area contributed by atoms with Gasteiger partial charge in [0.2, 0.25) is 5.78 Å². The van der Waals surface area contributed by atoms with Crippen LogP contribution >= 0.6 is 0 Å². The maximum absolute atomic E-state index is 15.3. The van der Waals surface area contributed by atoms with Gasteiger partial charge < -0.3 is 31.5 Å². The van der Waals surface area contributed by atoms with E-state index >= 15 is 4.39 Å². The van der Waals surface area contributed by atoms with Crippen LogP contribution in [-0.2, 0) is 20.8 Å². The number of ketones is 2.